The van der Waals surface area contributed by atoms with Crippen LogP contribution in [-0.2, 0) is 14.6 Å². The van der Waals surface area contributed by atoms with E-state index in [4.69, 9.17) is 11.2 Å². The Kier molecular flexibility index (Phi) is 5.70. The third-order valence-electron chi connectivity index (χ3n) is 4.75. The van der Waals surface area contributed by atoms with Crippen LogP contribution in [0.4, 0.5) is 0 Å². The molecule has 0 spiro atoms. The predicted molar refractivity (Wildman–Crippen MR) is 102 cm³/mol. The molecule has 1 saturated heterocycles. The van der Waals surface area contributed by atoms with Crippen molar-refractivity contribution in [3.63, 3.8) is 0 Å². The summed E-state index contributed by atoms with van der Waals surface area (Å²) in [6.45, 7) is 0.313. The molecule has 0 aromatic heterocycles. The Bertz CT molecular complexity index is 984. The highest BCUT2D eigenvalue weighted by Gasteiger charge is 2.58. The molecular formula is C20H20N2O5S. The normalized spacial score (nSPS) is 19.7. The molecule has 0 radical (unpaired) electrons. The van der Waals surface area contributed by atoms with E-state index in [0.29, 0.717) is 24.5 Å². The summed E-state index contributed by atoms with van der Waals surface area (Å²) in [5.41, 5.74) is 1.50. The second-order valence-corrected chi connectivity index (χ2v) is 8.50. The first-order valence-corrected chi connectivity index (χ1v) is 10.1. The van der Waals surface area contributed by atoms with Gasteiger partial charge in [-0.3, -0.25) is 14.9 Å². The summed E-state index contributed by atoms with van der Waals surface area (Å²) in [4.78, 5) is 11.9. The van der Waals surface area contributed by atoms with Gasteiger partial charge in [0.05, 0.1) is 11.4 Å². The minimum Gasteiger partial charge on any atom is -0.457 e. The van der Waals surface area contributed by atoms with E-state index in [2.05, 4.69) is 5.92 Å². The van der Waals surface area contributed by atoms with E-state index < -0.39 is 20.6 Å². The number of terminal acetylenes is 1. The molecule has 1 aliphatic heterocycles. The van der Waals surface area contributed by atoms with Crippen LogP contribution in [0.1, 0.15) is 12.8 Å². The Labute approximate surface area is 163 Å². The van der Waals surface area contributed by atoms with Crippen molar-refractivity contribution < 1.29 is 23.2 Å². The van der Waals surface area contributed by atoms with Crippen molar-refractivity contribution in [1.82, 2.24) is 10.4 Å². The van der Waals surface area contributed by atoms with Crippen molar-refractivity contribution in [3.05, 3.63) is 54.6 Å². The zero-order chi connectivity index (χ0) is 20.2. The fourth-order valence-corrected chi connectivity index (χ4v) is 5.53. The van der Waals surface area contributed by atoms with Gasteiger partial charge >= 0.3 is 0 Å². The van der Waals surface area contributed by atoms with Gasteiger partial charge in [-0.25, -0.2) is 13.9 Å². The molecule has 0 bridgehead atoms. The third-order valence-corrected chi connectivity index (χ3v) is 7.18. The number of benzene rings is 2. The van der Waals surface area contributed by atoms with Gasteiger partial charge in [-0.1, -0.05) is 24.1 Å². The van der Waals surface area contributed by atoms with Crippen LogP contribution in [0.5, 0.6) is 11.5 Å². The lowest BCUT2D eigenvalue weighted by molar-refractivity contribution is -0.135. The second-order valence-electron chi connectivity index (χ2n) is 6.34. The first kappa shape index (κ1) is 19.9. The Morgan fingerprint density at radius 2 is 1.82 bits per heavy atom. The highest BCUT2D eigenvalue weighted by molar-refractivity contribution is 7.93. The van der Waals surface area contributed by atoms with Crippen molar-refractivity contribution in [2.75, 3.05) is 13.1 Å². The summed E-state index contributed by atoms with van der Waals surface area (Å²) in [6.07, 6.45) is 5.84. The Morgan fingerprint density at radius 3 is 2.43 bits per heavy atom. The lowest BCUT2D eigenvalue weighted by atomic mass is 10.2. The van der Waals surface area contributed by atoms with Gasteiger partial charge in [0.1, 0.15) is 11.5 Å². The molecule has 146 valence electrons. The van der Waals surface area contributed by atoms with E-state index in [1.807, 2.05) is 18.2 Å². The molecule has 2 N–H and O–H groups in total. The molecule has 2 aromatic carbocycles. The smallest absolute Gasteiger partial charge is 0.279 e. The summed E-state index contributed by atoms with van der Waals surface area (Å²) in [6, 6.07) is 14.9. The van der Waals surface area contributed by atoms with Crippen LogP contribution in [0.25, 0.3) is 0 Å². The number of carbonyl (C=O) groups is 1. The van der Waals surface area contributed by atoms with Gasteiger partial charge in [-0.15, -0.1) is 6.42 Å². The zero-order valence-electron chi connectivity index (χ0n) is 15.0. The number of sulfone groups is 1. The van der Waals surface area contributed by atoms with Crippen LogP contribution in [0.2, 0.25) is 0 Å². The van der Waals surface area contributed by atoms with Crippen LogP contribution in [-0.4, -0.2) is 42.4 Å². The number of nitrogens with zero attached hydrogens (tertiary/aromatic N) is 1. The van der Waals surface area contributed by atoms with Crippen LogP contribution in [0, 0.1) is 12.3 Å². The number of likely N-dealkylation sites (tertiary alicyclic amines) is 1. The maximum absolute atomic E-state index is 13.4. The van der Waals surface area contributed by atoms with Crippen LogP contribution in [0.15, 0.2) is 59.5 Å². The highest BCUT2D eigenvalue weighted by atomic mass is 32.2. The molecule has 1 unspecified atom stereocenters. The number of amides is 1. The standard InChI is InChI=1S/C20H20N2O5S/c1-2-14-22-15-6-13-20(22,19(23)21-24)28(25,26)18-11-9-17(10-12-18)27-16-7-4-3-5-8-16/h1,3-5,7-12,24H,6,13-15H2,(H,21,23). The first-order chi connectivity index (χ1) is 13.5. The fraction of sp³-hybridized carbons (Fsp3) is 0.250. The molecule has 8 heteroatoms. The Morgan fingerprint density at radius 1 is 1.18 bits per heavy atom. The number of rotatable bonds is 6. The summed E-state index contributed by atoms with van der Waals surface area (Å²) in [5.74, 6) is 2.45. The summed E-state index contributed by atoms with van der Waals surface area (Å²) in [5, 5.41) is 9.20. The first-order valence-electron chi connectivity index (χ1n) is 8.66. The van der Waals surface area contributed by atoms with E-state index in [9.17, 15) is 18.4 Å². The van der Waals surface area contributed by atoms with E-state index in [1.54, 1.807) is 12.1 Å². The molecule has 1 atom stereocenters. The summed E-state index contributed by atoms with van der Waals surface area (Å²) >= 11 is 0. The van der Waals surface area contributed by atoms with E-state index >= 15 is 0 Å². The molecule has 3 rings (SSSR count). The van der Waals surface area contributed by atoms with Gasteiger partial charge in [0, 0.05) is 6.54 Å². The molecule has 1 fully saturated rings. The van der Waals surface area contributed by atoms with E-state index in [1.165, 1.54) is 34.6 Å². The van der Waals surface area contributed by atoms with Gasteiger partial charge in [-0.05, 0) is 49.2 Å². The Balaban J connectivity index is 1.96. The van der Waals surface area contributed by atoms with Gasteiger partial charge in [0.2, 0.25) is 14.7 Å². The van der Waals surface area contributed by atoms with Crippen molar-refractivity contribution in [2.24, 2.45) is 0 Å². The number of hydrogen-bond donors (Lipinski definition) is 2. The zero-order valence-corrected chi connectivity index (χ0v) is 15.9. The minimum absolute atomic E-state index is 0.0259. The van der Waals surface area contributed by atoms with Crippen molar-refractivity contribution in [3.8, 4) is 23.8 Å². The predicted octanol–water partition coefficient (Wildman–Crippen LogP) is 2.18. The molecule has 7 nitrogen and oxygen atoms in total. The van der Waals surface area contributed by atoms with E-state index in [-0.39, 0.29) is 17.9 Å². The van der Waals surface area contributed by atoms with Gasteiger partial charge in [-0.2, -0.15) is 0 Å². The molecule has 0 aliphatic carbocycles. The van der Waals surface area contributed by atoms with Crippen molar-refractivity contribution in [2.45, 2.75) is 22.6 Å². The molecule has 1 heterocycles. The largest absolute Gasteiger partial charge is 0.457 e. The van der Waals surface area contributed by atoms with Crippen molar-refractivity contribution >= 4 is 15.7 Å². The monoisotopic (exact) mass is 400 g/mol. The van der Waals surface area contributed by atoms with Gasteiger partial charge in [0.25, 0.3) is 5.91 Å². The van der Waals surface area contributed by atoms with Crippen molar-refractivity contribution in [1.29, 1.82) is 0 Å². The number of para-hydroxylation sites is 1. The average molecular weight is 400 g/mol. The maximum atomic E-state index is 13.4. The van der Waals surface area contributed by atoms with Gasteiger partial charge < -0.3 is 4.74 Å². The van der Waals surface area contributed by atoms with Crippen LogP contribution < -0.4 is 10.2 Å². The third kappa shape index (κ3) is 3.36. The molecule has 28 heavy (non-hydrogen) atoms. The number of hydrogen-bond acceptors (Lipinski definition) is 6. The molecule has 1 amide bonds. The molecule has 2 aromatic rings. The van der Waals surface area contributed by atoms with Crippen LogP contribution >= 0.6 is 0 Å². The molecule has 0 saturated carbocycles. The summed E-state index contributed by atoms with van der Waals surface area (Å²) < 4.78 is 32.5. The number of carbonyl (C=O) groups excluding carboxylic acids is 1. The second kappa shape index (κ2) is 8.02. The number of ether oxygens (including phenoxy) is 1. The maximum Gasteiger partial charge on any atom is 0.279 e. The minimum atomic E-state index is -4.17. The quantitative estimate of drug-likeness (QED) is 0.438. The average Bonchev–Trinajstić information content (AvgIpc) is 3.14. The lowest BCUT2D eigenvalue weighted by Gasteiger charge is -2.34. The lowest BCUT2D eigenvalue weighted by Crippen LogP contribution is -2.59. The SMILES string of the molecule is C#CCN1CCCC1(C(=O)NO)S(=O)(=O)c1ccc(Oc2ccccc2)cc1. The fourth-order valence-electron chi connectivity index (χ4n) is 3.44. The molecule has 1 aliphatic rings. The Hall–Kier alpha value is -2.86. The number of nitrogens with one attached hydrogen (secondary N) is 1. The van der Waals surface area contributed by atoms with Gasteiger partial charge in [0.15, 0.2) is 0 Å². The number of hydroxylamine groups is 1. The van der Waals surface area contributed by atoms with Crippen LogP contribution in [0.3, 0.4) is 0 Å². The highest BCUT2D eigenvalue weighted by Crippen LogP contribution is 2.39. The molecular weight excluding hydrogens is 380 g/mol. The topological polar surface area (TPSA) is 95.9 Å². The van der Waals surface area contributed by atoms with E-state index in [0.717, 1.165) is 0 Å². The summed E-state index contributed by atoms with van der Waals surface area (Å²) in [7, 11) is -4.17.